The Hall–Kier alpha value is -1.01. The molecule has 0 atom stereocenters. The van der Waals surface area contributed by atoms with Crippen molar-refractivity contribution >= 4 is 0 Å². The molecule has 1 spiro atoms. The standard InChI is InChI=1S/C17H24F2N2O2/c18-17(19)8-14-15(13(9-22)20-21(14)10-17)12-2-5-16(6-3-12)4-1-7-23-11-16/h12,22H,1-11H2. The molecule has 0 amide bonds. The van der Waals surface area contributed by atoms with Gasteiger partial charge < -0.3 is 9.84 Å². The van der Waals surface area contributed by atoms with Gasteiger partial charge in [0.25, 0.3) is 5.92 Å². The van der Waals surface area contributed by atoms with E-state index in [0.717, 1.165) is 50.9 Å². The number of rotatable bonds is 2. The minimum absolute atomic E-state index is 0.161. The van der Waals surface area contributed by atoms with Crippen LogP contribution < -0.4 is 0 Å². The minimum atomic E-state index is -2.70. The summed E-state index contributed by atoms with van der Waals surface area (Å²) in [6.45, 7) is 1.20. The normalized spacial score (nSPS) is 33.1. The maximum Gasteiger partial charge on any atom is 0.272 e. The van der Waals surface area contributed by atoms with E-state index in [1.54, 1.807) is 0 Å². The summed E-state index contributed by atoms with van der Waals surface area (Å²) in [4.78, 5) is 0. The van der Waals surface area contributed by atoms with E-state index in [1.807, 2.05) is 0 Å². The molecule has 1 N–H and O–H groups in total. The summed E-state index contributed by atoms with van der Waals surface area (Å²) in [7, 11) is 0. The monoisotopic (exact) mass is 326 g/mol. The zero-order valence-corrected chi connectivity index (χ0v) is 13.4. The molecule has 0 unspecified atom stereocenters. The number of ether oxygens (including phenoxy) is 1. The van der Waals surface area contributed by atoms with E-state index in [4.69, 9.17) is 4.74 Å². The number of nitrogens with zero attached hydrogens (tertiary/aromatic N) is 2. The average molecular weight is 326 g/mol. The first-order valence-electron chi connectivity index (χ1n) is 8.67. The zero-order valence-electron chi connectivity index (χ0n) is 13.4. The second-order valence-electron chi connectivity index (χ2n) is 7.59. The predicted molar refractivity (Wildman–Crippen MR) is 80.5 cm³/mol. The van der Waals surface area contributed by atoms with Crippen molar-refractivity contribution in [2.45, 2.75) is 69.9 Å². The molecule has 0 radical (unpaired) electrons. The first-order valence-corrected chi connectivity index (χ1v) is 8.67. The fourth-order valence-corrected chi connectivity index (χ4v) is 4.81. The number of aliphatic hydroxyl groups is 1. The third kappa shape index (κ3) is 2.70. The number of aromatic nitrogens is 2. The van der Waals surface area contributed by atoms with Crippen LogP contribution in [0.1, 0.15) is 61.4 Å². The first kappa shape index (κ1) is 15.5. The number of aliphatic hydroxyl groups excluding tert-OH is 1. The Morgan fingerprint density at radius 2 is 2.04 bits per heavy atom. The van der Waals surface area contributed by atoms with Gasteiger partial charge in [0.2, 0.25) is 0 Å². The highest BCUT2D eigenvalue weighted by molar-refractivity contribution is 5.33. The van der Waals surface area contributed by atoms with Gasteiger partial charge in [0.05, 0.1) is 25.3 Å². The summed E-state index contributed by atoms with van der Waals surface area (Å²) in [6.07, 6.45) is 6.26. The van der Waals surface area contributed by atoms with Crippen molar-refractivity contribution in [3.05, 3.63) is 17.0 Å². The molecule has 2 aliphatic heterocycles. The first-order chi connectivity index (χ1) is 11.0. The molecule has 1 aliphatic carbocycles. The molecular formula is C17H24F2N2O2. The largest absolute Gasteiger partial charge is 0.390 e. The lowest BCUT2D eigenvalue weighted by molar-refractivity contribution is -0.0310. The molecule has 4 nitrogen and oxygen atoms in total. The lowest BCUT2D eigenvalue weighted by atomic mass is 9.66. The highest BCUT2D eigenvalue weighted by atomic mass is 19.3. The molecule has 128 valence electrons. The van der Waals surface area contributed by atoms with Gasteiger partial charge in [-0.25, -0.2) is 8.78 Å². The molecular weight excluding hydrogens is 302 g/mol. The number of hydrogen-bond acceptors (Lipinski definition) is 3. The van der Waals surface area contributed by atoms with Crippen LogP contribution in [0.4, 0.5) is 8.78 Å². The van der Waals surface area contributed by atoms with Gasteiger partial charge in [-0.2, -0.15) is 5.10 Å². The summed E-state index contributed by atoms with van der Waals surface area (Å²) >= 11 is 0. The number of hydrogen-bond donors (Lipinski definition) is 1. The Labute approximate surface area is 134 Å². The van der Waals surface area contributed by atoms with Crippen molar-refractivity contribution in [1.82, 2.24) is 9.78 Å². The van der Waals surface area contributed by atoms with Crippen LogP contribution in [0.3, 0.4) is 0 Å². The van der Waals surface area contributed by atoms with Gasteiger partial charge in [0, 0.05) is 17.9 Å². The number of alkyl halides is 2. The van der Waals surface area contributed by atoms with Gasteiger partial charge >= 0.3 is 0 Å². The van der Waals surface area contributed by atoms with E-state index < -0.39 is 5.92 Å². The lowest BCUT2D eigenvalue weighted by Gasteiger charge is -2.42. The third-order valence-electron chi connectivity index (χ3n) is 5.99. The van der Waals surface area contributed by atoms with Crippen LogP contribution in [0, 0.1) is 5.41 Å². The van der Waals surface area contributed by atoms with E-state index in [1.165, 1.54) is 11.1 Å². The number of fused-ring (bicyclic) bond motifs is 1. The summed E-state index contributed by atoms with van der Waals surface area (Å²) in [5.41, 5.74) is 2.47. The fraction of sp³-hybridized carbons (Fsp3) is 0.824. The van der Waals surface area contributed by atoms with Crippen LogP contribution in [0.2, 0.25) is 0 Å². The highest BCUT2D eigenvalue weighted by Crippen LogP contribution is 2.49. The van der Waals surface area contributed by atoms with Crippen LogP contribution in [0.5, 0.6) is 0 Å². The van der Waals surface area contributed by atoms with Gasteiger partial charge in [0.1, 0.15) is 6.54 Å². The Balaban J connectivity index is 1.55. The zero-order chi connectivity index (χ0) is 16.1. The Morgan fingerprint density at radius 3 is 2.70 bits per heavy atom. The molecule has 3 heterocycles. The quantitative estimate of drug-likeness (QED) is 0.909. The van der Waals surface area contributed by atoms with Crippen LogP contribution in [0.15, 0.2) is 0 Å². The molecule has 1 aromatic heterocycles. The van der Waals surface area contributed by atoms with E-state index in [9.17, 15) is 13.9 Å². The molecule has 23 heavy (non-hydrogen) atoms. The SMILES string of the molecule is OCc1nn2c(c1C1CCC3(CCCOC3)CC1)CC(F)(F)C2. The fourth-order valence-electron chi connectivity index (χ4n) is 4.81. The van der Waals surface area contributed by atoms with Crippen molar-refractivity contribution < 1.29 is 18.6 Å². The minimum Gasteiger partial charge on any atom is -0.390 e. The third-order valence-corrected chi connectivity index (χ3v) is 5.99. The second kappa shape index (κ2) is 5.52. The molecule has 3 aliphatic rings. The van der Waals surface area contributed by atoms with Crippen molar-refractivity contribution in [2.24, 2.45) is 5.41 Å². The van der Waals surface area contributed by atoms with Crippen LogP contribution in [-0.4, -0.2) is 34.0 Å². The van der Waals surface area contributed by atoms with E-state index in [2.05, 4.69) is 5.10 Å². The predicted octanol–water partition coefficient (Wildman–Crippen LogP) is 3.02. The summed E-state index contributed by atoms with van der Waals surface area (Å²) in [5, 5.41) is 13.8. The molecule has 1 saturated carbocycles. The molecule has 1 saturated heterocycles. The van der Waals surface area contributed by atoms with Gasteiger partial charge in [-0.1, -0.05) is 0 Å². The van der Waals surface area contributed by atoms with E-state index in [-0.39, 0.29) is 25.5 Å². The van der Waals surface area contributed by atoms with Gasteiger partial charge in [-0.3, -0.25) is 4.68 Å². The lowest BCUT2D eigenvalue weighted by Crippen LogP contribution is -2.35. The molecule has 4 rings (SSSR count). The van der Waals surface area contributed by atoms with Crippen LogP contribution in [-0.2, 0) is 24.3 Å². The molecule has 1 aromatic rings. The van der Waals surface area contributed by atoms with Crippen molar-refractivity contribution in [3.8, 4) is 0 Å². The molecule has 2 fully saturated rings. The topological polar surface area (TPSA) is 47.3 Å². The Bertz CT molecular complexity index is 584. The van der Waals surface area contributed by atoms with Crippen molar-refractivity contribution in [2.75, 3.05) is 13.2 Å². The maximum atomic E-state index is 13.7. The Kier molecular flexibility index (Phi) is 3.72. The average Bonchev–Trinajstić information content (AvgIpc) is 3.00. The Morgan fingerprint density at radius 1 is 1.26 bits per heavy atom. The maximum absolute atomic E-state index is 13.7. The van der Waals surface area contributed by atoms with E-state index in [0.29, 0.717) is 16.8 Å². The molecule has 0 bridgehead atoms. The van der Waals surface area contributed by atoms with Gasteiger partial charge in [0.15, 0.2) is 0 Å². The van der Waals surface area contributed by atoms with Gasteiger partial charge in [-0.05, 0) is 49.9 Å². The van der Waals surface area contributed by atoms with Crippen molar-refractivity contribution in [3.63, 3.8) is 0 Å². The highest BCUT2D eigenvalue weighted by Gasteiger charge is 2.44. The summed E-state index contributed by atoms with van der Waals surface area (Å²) in [5.74, 6) is -2.44. The molecule has 0 aromatic carbocycles. The number of halogens is 2. The molecule has 6 heteroatoms. The van der Waals surface area contributed by atoms with Gasteiger partial charge in [-0.15, -0.1) is 0 Å². The van der Waals surface area contributed by atoms with Crippen molar-refractivity contribution in [1.29, 1.82) is 0 Å². The van der Waals surface area contributed by atoms with Crippen LogP contribution >= 0.6 is 0 Å². The smallest absolute Gasteiger partial charge is 0.272 e. The van der Waals surface area contributed by atoms with Crippen LogP contribution in [0.25, 0.3) is 0 Å². The van der Waals surface area contributed by atoms with E-state index >= 15 is 0 Å². The summed E-state index contributed by atoms with van der Waals surface area (Å²) in [6, 6.07) is 0. The summed E-state index contributed by atoms with van der Waals surface area (Å²) < 4.78 is 34.5. The second-order valence-corrected chi connectivity index (χ2v) is 7.59.